The van der Waals surface area contributed by atoms with Crippen LogP contribution in [0, 0.1) is 0 Å². The summed E-state index contributed by atoms with van der Waals surface area (Å²) < 4.78 is 0. The first-order chi connectivity index (χ1) is 13.5. The molecule has 0 saturated carbocycles. The molecule has 0 saturated heterocycles. The Bertz CT molecular complexity index is 1210. The summed E-state index contributed by atoms with van der Waals surface area (Å²) in [5.41, 5.74) is 5.48. The minimum atomic E-state index is -0.919. The van der Waals surface area contributed by atoms with Crippen molar-refractivity contribution in [3.63, 3.8) is 0 Å². The highest BCUT2D eigenvalue weighted by molar-refractivity contribution is 5.96. The fourth-order valence-electron chi connectivity index (χ4n) is 4.12. The third-order valence-corrected chi connectivity index (χ3v) is 5.57. The van der Waals surface area contributed by atoms with E-state index in [0.29, 0.717) is 11.1 Å². The van der Waals surface area contributed by atoms with E-state index < -0.39 is 11.9 Å². The van der Waals surface area contributed by atoms with Crippen LogP contribution in [0.4, 0.5) is 0 Å². The molecule has 0 spiro atoms. The van der Waals surface area contributed by atoms with E-state index in [2.05, 4.69) is 24.3 Å². The molecule has 0 aliphatic heterocycles. The first kappa shape index (κ1) is 16.5. The molecule has 4 aromatic carbocycles. The Labute approximate surface area is 160 Å². The molecule has 0 aromatic heterocycles. The lowest BCUT2D eigenvalue weighted by atomic mass is 9.83. The molecule has 0 heterocycles. The Kier molecular flexibility index (Phi) is 3.49. The highest BCUT2D eigenvalue weighted by Crippen LogP contribution is 2.33. The van der Waals surface area contributed by atoms with Gasteiger partial charge in [0.05, 0.1) is 11.1 Å². The van der Waals surface area contributed by atoms with Crippen molar-refractivity contribution in [2.24, 2.45) is 0 Å². The van der Waals surface area contributed by atoms with E-state index in [1.54, 1.807) is 24.3 Å². The number of aromatic carboxylic acids is 2. The Morgan fingerprint density at radius 1 is 0.536 bits per heavy atom. The standard InChI is InChI=1S/C24H16O4/c25-23(26)15-3-1-13-5-19-11-22-10-18-8-16(24(27)28)4-2-14(18)6-20(22)12-21(19)9-17(13)7-15/h1-10H,11-12H2,(H,25,26)(H,27,28). The molecule has 1 aliphatic carbocycles. The van der Waals surface area contributed by atoms with Crippen LogP contribution in [0.5, 0.6) is 0 Å². The second kappa shape index (κ2) is 5.92. The summed E-state index contributed by atoms with van der Waals surface area (Å²) in [5, 5.41) is 22.4. The smallest absolute Gasteiger partial charge is 0.335 e. The first-order valence-corrected chi connectivity index (χ1v) is 9.06. The van der Waals surface area contributed by atoms with Crippen LogP contribution in [0.25, 0.3) is 21.5 Å². The molecule has 2 N–H and O–H groups in total. The molecule has 4 nitrogen and oxygen atoms in total. The van der Waals surface area contributed by atoms with Crippen molar-refractivity contribution in [2.75, 3.05) is 0 Å². The van der Waals surface area contributed by atoms with Crippen molar-refractivity contribution >= 4 is 33.5 Å². The second-order valence-corrected chi connectivity index (χ2v) is 7.33. The van der Waals surface area contributed by atoms with Gasteiger partial charge in [-0.25, -0.2) is 9.59 Å². The zero-order valence-electron chi connectivity index (χ0n) is 14.9. The van der Waals surface area contributed by atoms with Crippen LogP contribution in [0.1, 0.15) is 43.0 Å². The third-order valence-electron chi connectivity index (χ3n) is 5.57. The third kappa shape index (κ3) is 2.62. The molecule has 1 aliphatic rings. The lowest BCUT2D eigenvalue weighted by Gasteiger charge is -2.21. The minimum absolute atomic E-state index is 0.295. The quantitative estimate of drug-likeness (QED) is 0.465. The molecular weight excluding hydrogens is 352 g/mol. The average Bonchev–Trinajstić information content (AvgIpc) is 2.68. The van der Waals surface area contributed by atoms with Gasteiger partial charge >= 0.3 is 11.9 Å². The lowest BCUT2D eigenvalue weighted by molar-refractivity contribution is 0.0686. The van der Waals surface area contributed by atoms with Gasteiger partial charge in [0.2, 0.25) is 0 Å². The summed E-state index contributed by atoms with van der Waals surface area (Å²) in [7, 11) is 0. The predicted molar refractivity (Wildman–Crippen MR) is 107 cm³/mol. The van der Waals surface area contributed by atoms with Gasteiger partial charge in [-0.15, -0.1) is 0 Å². The molecule has 0 bridgehead atoms. The number of carbonyl (C=O) groups is 2. The Hall–Kier alpha value is -3.66. The summed E-state index contributed by atoms with van der Waals surface area (Å²) >= 11 is 0. The Morgan fingerprint density at radius 3 is 1.25 bits per heavy atom. The van der Waals surface area contributed by atoms with Gasteiger partial charge in [-0.05, 0) is 80.9 Å². The van der Waals surface area contributed by atoms with Gasteiger partial charge in [0.15, 0.2) is 0 Å². The molecule has 0 atom stereocenters. The van der Waals surface area contributed by atoms with Crippen LogP contribution in [-0.4, -0.2) is 22.2 Å². The van der Waals surface area contributed by atoms with Gasteiger partial charge < -0.3 is 10.2 Å². The molecule has 4 heteroatoms. The summed E-state index contributed by atoms with van der Waals surface area (Å²) in [6.07, 6.45) is 1.57. The van der Waals surface area contributed by atoms with Crippen molar-refractivity contribution in [1.82, 2.24) is 0 Å². The topological polar surface area (TPSA) is 74.6 Å². The number of fused-ring (bicyclic) bond motifs is 4. The maximum atomic E-state index is 11.3. The zero-order chi connectivity index (χ0) is 19.4. The van der Waals surface area contributed by atoms with Crippen molar-refractivity contribution in [2.45, 2.75) is 12.8 Å². The van der Waals surface area contributed by atoms with Crippen LogP contribution >= 0.6 is 0 Å². The lowest BCUT2D eigenvalue weighted by Crippen LogP contribution is -2.08. The average molecular weight is 368 g/mol. The summed E-state index contributed by atoms with van der Waals surface area (Å²) in [6, 6.07) is 18.9. The monoisotopic (exact) mass is 368 g/mol. The van der Waals surface area contributed by atoms with Crippen molar-refractivity contribution < 1.29 is 19.8 Å². The maximum absolute atomic E-state index is 11.3. The van der Waals surface area contributed by atoms with E-state index >= 15 is 0 Å². The van der Waals surface area contributed by atoms with Crippen molar-refractivity contribution in [3.8, 4) is 0 Å². The largest absolute Gasteiger partial charge is 0.478 e. The van der Waals surface area contributed by atoms with Gasteiger partial charge in [-0.1, -0.05) is 36.4 Å². The van der Waals surface area contributed by atoms with Crippen LogP contribution in [0.15, 0.2) is 60.7 Å². The molecule has 0 unspecified atom stereocenters. The number of carboxylic acid groups (broad SMARTS) is 2. The van der Waals surface area contributed by atoms with E-state index in [1.807, 2.05) is 12.1 Å². The second-order valence-electron chi connectivity index (χ2n) is 7.33. The summed E-state index contributed by atoms with van der Waals surface area (Å²) in [6.45, 7) is 0. The number of hydrogen-bond acceptors (Lipinski definition) is 2. The van der Waals surface area contributed by atoms with Crippen LogP contribution < -0.4 is 0 Å². The van der Waals surface area contributed by atoms with Gasteiger partial charge in [0.25, 0.3) is 0 Å². The molecule has 0 amide bonds. The van der Waals surface area contributed by atoms with E-state index in [4.69, 9.17) is 0 Å². The number of rotatable bonds is 2. The number of benzene rings is 4. The van der Waals surface area contributed by atoms with Gasteiger partial charge in [0, 0.05) is 0 Å². The van der Waals surface area contributed by atoms with Crippen LogP contribution in [0.3, 0.4) is 0 Å². The molecule has 0 radical (unpaired) electrons. The van der Waals surface area contributed by atoms with E-state index in [9.17, 15) is 19.8 Å². The molecule has 5 rings (SSSR count). The molecule has 136 valence electrons. The van der Waals surface area contributed by atoms with Crippen LogP contribution in [0.2, 0.25) is 0 Å². The first-order valence-electron chi connectivity index (χ1n) is 9.06. The fourth-order valence-corrected chi connectivity index (χ4v) is 4.12. The normalized spacial score (nSPS) is 12.6. The summed E-state index contributed by atoms with van der Waals surface area (Å²) in [5.74, 6) is -1.84. The van der Waals surface area contributed by atoms with Crippen molar-refractivity contribution in [3.05, 3.63) is 94.0 Å². The SMILES string of the molecule is O=C(O)c1ccc2cc3c(cc2c1)Cc1cc2ccc(C(=O)O)cc2cc1C3. The van der Waals surface area contributed by atoms with E-state index in [0.717, 1.165) is 34.4 Å². The van der Waals surface area contributed by atoms with E-state index in [-0.39, 0.29) is 0 Å². The number of carboxylic acids is 2. The predicted octanol–water partition coefficient (Wildman–Crippen LogP) is 4.88. The highest BCUT2D eigenvalue weighted by atomic mass is 16.4. The molecule has 4 aromatic rings. The maximum Gasteiger partial charge on any atom is 0.335 e. The summed E-state index contributed by atoms with van der Waals surface area (Å²) in [4.78, 5) is 22.5. The Morgan fingerprint density at radius 2 is 0.893 bits per heavy atom. The van der Waals surface area contributed by atoms with E-state index in [1.165, 1.54) is 22.3 Å². The van der Waals surface area contributed by atoms with Gasteiger partial charge in [0.1, 0.15) is 0 Å². The minimum Gasteiger partial charge on any atom is -0.478 e. The van der Waals surface area contributed by atoms with Crippen molar-refractivity contribution in [1.29, 1.82) is 0 Å². The molecular formula is C24H16O4. The molecule has 28 heavy (non-hydrogen) atoms. The van der Waals surface area contributed by atoms with Gasteiger partial charge in [-0.3, -0.25) is 0 Å². The van der Waals surface area contributed by atoms with Gasteiger partial charge in [-0.2, -0.15) is 0 Å². The highest BCUT2D eigenvalue weighted by Gasteiger charge is 2.18. The number of hydrogen-bond donors (Lipinski definition) is 2. The van der Waals surface area contributed by atoms with Crippen LogP contribution in [-0.2, 0) is 12.8 Å². The molecule has 0 fully saturated rings. The zero-order valence-corrected chi connectivity index (χ0v) is 14.9. The fraction of sp³-hybridized carbons (Fsp3) is 0.0833. The Balaban J connectivity index is 1.62.